The second kappa shape index (κ2) is 5.12. The topological polar surface area (TPSA) is 88.5 Å². The van der Waals surface area contributed by atoms with Crippen LogP contribution in [-0.4, -0.2) is 14.3 Å². The van der Waals surface area contributed by atoms with Gasteiger partial charge in [0.2, 0.25) is 0 Å². The van der Waals surface area contributed by atoms with Gasteiger partial charge in [-0.25, -0.2) is 9.97 Å². The molecule has 0 fully saturated rings. The Morgan fingerprint density at radius 2 is 2.41 bits per heavy atom. The maximum Gasteiger partial charge on any atom is 0.176 e. The molecule has 0 spiro atoms. The lowest BCUT2D eigenvalue weighted by Crippen LogP contribution is -1.95. The summed E-state index contributed by atoms with van der Waals surface area (Å²) in [5, 5.41) is 9.46. The molecule has 0 aromatic carbocycles. The number of pyridine rings is 1. The highest BCUT2D eigenvalue weighted by Crippen LogP contribution is 2.32. The Morgan fingerprint density at radius 1 is 1.59 bits per heavy atom. The van der Waals surface area contributed by atoms with E-state index in [1.165, 1.54) is 23.3 Å². The molecule has 0 aliphatic carbocycles. The number of hydrogen-bond donors (Lipinski definition) is 1. The van der Waals surface area contributed by atoms with E-state index < -0.39 is 0 Å². The van der Waals surface area contributed by atoms with Crippen molar-refractivity contribution >= 4 is 29.0 Å². The van der Waals surface area contributed by atoms with Gasteiger partial charge in [0.05, 0.1) is 11.3 Å². The molecule has 5 nitrogen and oxygen atoms in total. The standard InChI is InChI=1S/C10H9N5S2/c1-2-7-14-10(17-15-7)16-9-8(12)6(5-11)3-4-13-9/h3-4H,2,12H2,1H3. The van der Waals surface area contributed by atoms with Gasteiger partial charge in [0.25, 0.3) is 0 Å². The number of nitriles is 1. The highest BCUT2D eigenvalue weighted by molar-refractivity contribution is 8.01. The number of anilines is 1. The van der Waals surface area contributed by atoms with Gasteiger partial charge in [0.1, 0.15) is 16.9 Å². The minimum atomic E-state index is 0.397. The molecule has 0 amide bonds. The normalized spacial score (nSPS) is 10.1. The van der Waals surface area contributed by atoms with E-state index in [0.717, 1.165) is 16.6 Å². The Bertz CT molecular complexity index is 572. The van der Waals surface area contributed by atoms with Crippen LogP contribution in [0.2, 0.25) is 0 Å². The first-order valence-electron chi connectivity index (χ1n) is 4.89. The van der Waals surface area contributed by atoms with Crippen LogP contribution < -0.4 is 5.73 Å². The summed E-state index contributed by atoms with van der Waals surface area (Å²) in [7, 11) is 0. The number of nitrogens with zero attached hydrogens (tertiary/aromatic N) is 4. The first kappa shape index (κ1) is 11.8. The molecule has 0 saturated heterocycles. The van der Waals surface area contributed by atoms with Crippen LogP contribution in [0, 0.1) is 11.3 Å². The third-order valence-electron chi connectivity index (χ3n) is 2.02. The third-order valence-corrected chi connectivity index (χ3v) is 3.83. The van der Waals surface area contributed by atoms with Gasteiger partial charge in [-0.2, -0.15) is 9.64 Å². The van der Waals surface area contributed by atoms with Crippen LogP contribution in [-0.2, 0) is 6.42 Å². The molecule has 7 heteroatoms. The highest BCUT2D eigenvalue weighted by Gasteiger charge is 2.10. The summed E-state index contributed by atoms with van der Waals surface area (Å²) in [5.74, 6) is 0.813. The minimum Gasteiger partial charge on any atom is -0.395 e. The average molecular weight is 263 g/mol. The van der Waals surface area contributed by atoms with Gasteiger partial charge in [0, 0.05) is 12.6 Å². The number of nitrogen functional groups attached to an aromatic ring is 1. The molecule has 0 aliphatic rings. The highest BCUT2D eigenvalue weighted by atomic mass is 32.2. The average Bonchev–Trinajstić information content (AvgIpc) is 2.79. The minimum absolute atomic E-state index is 0.397. The maximum absolute atomic E-state index is 8.86. The monoisotopic (exact) mass is 263 g/mol. The molecule has 2 N–H and O–H groups in total. The molecule has 2 rings (SSSR count). The van der Waals surface area contributed by atoms with Crippen LogP contribution in [0.4, 0.5) is 5.69 Å². The summed E-state index contributed by atoms with van der Waals surface area (Å²) >= 11 is 2.65. The maximum atomic E-state index is 8.86. The van der Waals surface area contributed by atoms with E-state index >= 15 is 0 Å². The predicted octanol–water partition coefficient (Wildman–Crippen LogP) is 2.10. The number of nitrogens with two attached hydrogens (primary N) is 1. The molecule has 2 aromatic heterocycles. The van der Waals surface area contributed by atoms with E-state index in [4.69, 9.17) is 11.0 Å². The molecule has 0 aliphatic heterocycles. The fourth-order valence-electron chi connectivity index (χ4n) is 1.14. The van der Waals surface area contributed by atoms with Crippen molar-refractivity contribution in [1.82, 2.24) is 14.3 Å². The number of rotatable bonds is 3. The lowest BCUT2D eigenvalue weighted by atomic mass is 10.2. The molecule has 0 unspecified atom stereocenters. The van der Waals surface area contributed by atoms with Crippen molar-refractivity contribution in [1.29, 1.82) is 5.26 Å². The Morgan fingerprint density at radius 3 is 3.06 bits per heavy atom. The van der Waals surface area contributed by atoms with Crippen molar-refractivity contribution in [2.75, 3.05) is 5.73 Å². The Kier molecular flexibility index (Phi) is 3.56. The van der Waals surface area contributed by atoms with E-state index in [9.17, 15) is 0 Å². The number of aromatic nitrogens is 3. The predicted molar refractivity (Wildman–Crippen MR) is 66.8 cm³/mol. The van der Waals surface area contributed by atoms with E-state index in [0.29, 0.717) is 16.3 Å². The zero-order chi connectivity index (χ0) is 12.3. The van der Waals surface area contributed by atoms with Crippen LogP contribution in [0.3, 0.4) is 0 Å². The van der Waals surface area contributed by atoms with Crippen LogP contribution in [0.25, 0.3) is 0 Å². The number of aryl methyl sites for hydroxylation is 1. The molecule has 0 saturated carbocycles. The van der Waals surface area contributed by atoms with Crippen LogP contribution in [0.5, 0.6) is 0 Å². The molecule has 86 valence electrons. The van der Waals surface area contributed by atoms with Crippen LogP contribution in [0.1, 0.15) is 18.3 Å². The van der Waals surface area contributed by atoms with Crippen molar-refractivity contribution in [3.05, 3.63) is 23.7 Å². The first-order chi connectivity index (χ1) is 8.24. The summed E-state index contributed by atoms with van der Waals surface area (Å²) in [6.45, 7) is 2.00. The van der Waals surface area contributed by atoms with Gasteiger partial charge in [0.15, 0.2) is 4.34 Å². The lowest BCUT2D eigenvalue weighted by molar-refractivity contribution is 0.970. The quantitative estimate of drug-likeness (QED) is 0.912. The molecule has 0 radical (unpaired) electrons. The molecular formula is C10H9N5S2. The van der Waals surface area contributed by atoms with Crippen LogP contribution >= 0.6 is 23.3 Å². The summed E-state index contributed by atoms with van der Waals surface area (Å²) in [4.78, 5) is 8.46. The van der Waals surface area contributed by atoms with Crippen molar-refractivity contribution < 1.29 is 0 Å². The van der Waals surface area contributed by atoms with Crippen molar-refractivity contribution in [2.45, 2.75) is 22.7 Å². The summed E-state index contributed by atoms with van der Waals surface area (Å²) in [6, 6.07) is 3.62. The summed E-state index contributed by atoms with van der Waals surface area (Å²) in [6.07, 6.45) is 2.37. The van der Waals surface area contributed by atoms with Gasteiger partial charge in [-0.3, -0.25) is 0 Å². The van der Waals surface area contributed by atoms with Gasteiger partial charge < -0.3 is 5.73 Å². The van der Waals surface area contributed by atoms with Crippen molar-refractivity contribution in [2.24, 2.45) is 0 Å². The largest absolute Gasteiger partial charge is 0.395 e. The first-order valence-corrected chi connectivity index (χ1v) is 6.48. The fraction of sp³-hybridized carbons (Fsp3) is 0.200. The van der Waals surface area contributed by atoms with Gasteiger partial charge in [-0.15, -0.1) is 0 Å². The van der Waals surface area contributed by atoms with E-state index in [1.807, 2.05) is 13.0 Å². The smallest absolute Gasteiger partial charge is 0.176 e. The zero-order valence-electron chi connectivity index (χ0n) is 9.04. The van der Waals surface area contributed by atoms with E-state index in [-0.39, 0.29) is 0 Å². The molecule has 0 bridgehead atoms. The molecular weight excluding hydrogens is 254 g/mol. The molecule has 0 atom stereocenters. The van der Waals surface area contributed by atoms with Gasteiger partial charge in [-0.1, -0.05) is 6.92 Å². The Labute approximate surface area is 107 Å². The molecule has 17 heavy (non-hydrogen) atoms. The SMILES string of the molecule is CCc1nsc(Sc2nccc(C#N)c2N)n1. The van der Waals surface area contributed by atoms with Crippen molar-refractivity contribution in [3.63, 3.8) is 0 Å². The second-order valence-corrected chi connectivity index (χ2v) is 5.11. The fourth-order valence-corrected chi connectivity index (χ4v) is 2.79. The lowest BCUT2D eigenvalue weighted by Gasteiger charge is -2.02. The number of hydrogen-bond acceptors (Lipinski definition) is 7. The second-order valence-electron chi connectivity index (χ2n) is 3.12. The van der Waals surface area contributed by atoms with Crippen molar-refractivity contribution in [3.8, 4) is 6.07 Å². The Hall–Kier alpha value is -1.65. The Balaban J connectivity index is 2.27. The van der Waals surface area contributed by atoms with Gasteiger partial charge in [-0.05, 0) is 29.4 Å². The molecule has 2 aromatic rings. The van der Waals surface area contributed by atoms with Gasteiger partial charge >= 0.3 is 0 Å². The van der Waals surface area contributed by atoms with E-state index in [2.05, 4.69) is 14.3 Å². The molecule has 2 heterocycles. The zero-order valence-corrected chi connectivity index (χ0v) is 10.7. The third kappa shape index (κ3) is 2.54. The summed E-state index contributed by atoms with van der Waals surface area (Å²) < 4.78 is 4.97. The summed E-state index contributed by atoms with van der Waals surface area (Å²) in [5.41, 5.74) is 6.66. The van der Waals surface area contributed by atoms with Crippen LogP contribution in [0.15, 0.2) is 21.6 Å². The van der Waals surface area contributed by atoms with E-state index in [1.54, 1.807) is 12.3 Å².